The zero-order chi connectivity index (χ0) is 15.2. The van der Waals surface area contributed by atoms with Crippen LogP contribution < -0.4 is 15.6 Å². The number of ether oxygens (including phenoxy) is 1. The van der Waals surface area contributed by atoms with E-state index in [1.807, 2.05) is 19.1 Å². The van der Waals surface area contributed by atoms with Gasteiger partial charge >= 0.3 is 0 Å². The Hall–Kier alpha value is -2.14. The molecular formula is C16H21N3O2. The second-order valence-corrected chi connectivity index (χ2v) is 4.92. The minimum absolute atomic E-state index is 0.0540. The highest BCUT2D eigenvalue weighted by molar-refractivity contribution is 5.37. The molecule has 0 radical (unpaired) electrons. The van der Waals surface area contributed by atoms with E-state index >= 15 is 0 Å². The summed E-state index contributed by atoms with van der Waals surface area (Å²) in [5.41, 5.74) is 2.81. The fourth-order valence-corrected chi connectivity index (χ4v) is 2.15. The first kappa shape index (κ1) is 15.3. The number of methoxy groups -OCH3 is 1. The lowest BCUT2D eigenvalue weighted by atomic mass is 10.1. The Labute approximate surface area is 124 Å². The van der Waals surface area contributed by atoms with Gasteiger partial charge in [-0.2, -0.15) is 0 Å². The van der Waals surface area contributed by atoms with Crippen LogP contribution in [0.15, 0.2) is 35.4 Å². The molecule has 0 aliphatic heterocycles. The first-order chi connectivity index (χ1) is 10.1. The van der Waals surface area contributed by atoms with Crippen molar-refractivity contribution in [1.29, 1.82) is 0 Å². The highest BCUT2D eigenvalue weighted by atomic mass is 16.5. The van der Waals surface area contributed by atoms with Crippen LogP contribution in [-0.4, -0.2) is 23.2 Å². The number of benzene rings is 1. The third kappa shape index (κ3) is 3.92. The van der Waals surface area contributed by atoms with Gasteiger partial charge in [-0.05, 0) is 31.2 Å². The van der Waals surface area contributed by atoms with Gasteiger partial charge in [0.25, 0.3) is 5.56 Å². The topological polar surface area (TPSA) is 56.1 Å². The molecule has 112 valence electrons. The molecule has 0 amide bonds. The Morgan fingerprint density at radius 2 is 2.14 bits per heavy atom. The van der Waals surface area contributed by atoms with Gasteiger partial charge in [-0.15, -0.1) is 0 Å². The lowest BCUT2D eigenvalue weighted by Gasteiger charge is -2.12. The molecule has 0 bridgehead atoms. The Morgan fingerprint density at radius 3 is 2.81 bits per heavy atom. The van der Waals surface area contributed by atoms with Gasteiger partial charge in [-0.1, -0.05) is 13.0 Å². The second-order valence-electron chi connectivity index (χ2n) is 4.92. The number of rotatable bonds is 6. The zero-order valence-electron chi connectivity index (χ0n) is 12.7. The van der Waals surface area contributed by atoms with Crippen molar-refractivity contribution >= 4 is 0 Å². The van der Waals surface area contributed by atoms with Crippen LogP contribution in [0.25, 0.3) is 0 Å². The predicted molar refractivity (Wildman–Crippen MR) is 82.7 cm³/mol. The van der Waals surface area contributed by atoms with Crippen LogP contribution >= 0.6 is 0 Å². The number of nitrogens with one attached hydrogen (secondary N) is 1. The molecular weight excluding hydrogens is 266 g/mol. The third-order valence-electron chi connectivity index (χ3n) is 3.28. The molecule has 0 fully saturated rings. The molecule has 0 saturated heterocycles. The van der Waals surface area contributed by atoms with Crippen LogP contribution in [-0.2, 0) is 13.1 Å². The van der Waals surface area contributed by atoms with Crippen molar-refractivity contribution in [3.63, 3.8) is 0 Å². The molecule has 1 heterocycles. The van der Waals surface area contributed by atoms with E-state index in [9.17, 15) is 4.79 Å². The number of hydrogen-bond donors (Lipinski definition) is 1. The van der Waals surface area contributed by atoms with Crippen LogP contribution in [0.3, 0.4) is 0 Å². The molecule has 1 aromatic carbocycles. The first-order valence-electron chi connectivity index (χ1n) is 7.03. The van der Waals surface area contributed by atoms with Crippen LogP contribution in [0, 0.1) is 6.92 Å². The molecule has 2 aromatic rings. The van der Waals surface area contributed by atoms with Gasteiger partial charge in [0, 0.05) is 23.9 Å². The number of aromatic nitrogens is 2. The standard InChI is InChI=1S/C16H21N3O2/c1-4-17-9-13-5-6-15(21-3)14(8-13)10-19-11-18-12(2)7-16(19)20/h5-8,11,17H,4,9-10H2,1-3H3. The summed E-state index contributed by atoms with van der Waals surface area (Å²) < 4.78 is 6.97. The molecule has 0 aliphatic rings. The summed E-state index contributed by atoms with van der Waals surface area (Å²) in [4.78, 5) is 16.1. The SMILES string of the molecule is CCNCc1ccc(OC)c(Cn2cnc(C)cc2=O)c1. The fourth-order valence-electron chi connectivity index (χ4n) is 2.15. The van der Waals surface area contributed by atoms with Crippen molar-refractivity contribution in [2.24, 2.45) is 0 Å². The van der Waals surface area contributed by atoms with E-state index in [2.05, 4.69) is 23.3 Å². The van der Waals surface area contributed by atoms with E-state index in [1.165, 1.54) is 11.6 Å². The van der Waals surface area contributed by atoms with Gasteiger partial charge in [0.15, 0.2) is 0 Å². The predicted octanol–water partition coefficient (Wildman–Crippen LogP) is 1.72. The molecule has 0 unspecified atom stereocenters. The van der Waals surface area contributed by atoms with Crippen LogP contribution in [0.2, 0.25) is 0 Å². The van der Waals surface area contributed by atoms with Gasteiger partial charge < -0.3 is 10.1 Å². The van der Waals surface area contributed by atoms with Gasteiger partial charge in [0.2, 0.25) is 0 Å². The Morgan fingerprint density at radius 1 is 1.33 bits per heavy atom. The molecule has 5 nitrogen and oxygen atoms in total. The van der Waals surface area contributed by atoms with Crippen molar-refractivity contribution < 1.29 is 4.74 Å². The summed E-state index contributed by atoms with van der Waals surface area (Å²) in [6.07, 6.45) is 1.58. The smallest absolute Gasteiger partial charge is 0.253 e. The summed E-state index contributed by atoms with van der Waals surface area (Å²) in [6.45, 7) is 6.05. The Bertz CT molecular complexity index is 665. The van der Waals surface area contributed by atoms with Gasteiger partial charge in [0.05, 0.1) is 20.0 Å². The minimum atomic E-state index is -0.0540. The van der Waals surface area contributed by atoms with E-state index in [0.717, 1.165) is 30.1 Å². The van der Waals surface area contributed by atoms with Crippen molar-refractivity contribution in [2.75, 3.05) is 13.7 Å². The summed E-state index contributed by atoms with van der Waals surface area (Å²) in [5, 5.41) is 3.29. The molecule has 0 spiro atoms. The molecule has 2 rings (SSSR count). The number of aryl methyl sites for hydroxylation is 1. The minimum Gasteiger partial charge on any atom is -0.496 e. The molecule has 0 aliphatic carbocycles. The fraction of sp³-hybridized carbons (Fsp3) is 0.375. The van der Waals surface area contributed by atoms with E-state index in [4.69, 9.17) is 4.74 Å². The van der Waals surface area contributed by atoms with Gasteiger partial charge in [-0.3, -0.25) is 9.36 Å². The van der Waals surface area contributed by atoms with E-state index in [0.29, 0.717) is 6.54 Å². The lowest BCUT2D eigenvalue weighted by molar-refractivity contribution is 0.407. The molecule has 5 heteroatoms. The van der Waals surface area contributed by atoms with Crippen molar-refractivity contribution in [2.45, 2.75) is 26.9 Å². The first-order valence-corrected chi connectivity index (χ1v) is 7.03. The van der Waals surface area contributed by atoms with Gasteiger partial charge in [0.1, 0.15) is 5.75 Å². The average molecular weight is 287 g/mol. The number of nitrogens with zero attached hydrogens (tertiary/aromatic N) is 2. The summed E-state index contributed by atoms with van der Waals surface area (Å²) >= 11 is 0. The largest absolute Gasteiger partial charge is 0.496 e. The zero-order valence-corrected chi connectivity index (χ0v) is 12.7. The van der Waals surface area contributed by atoms with Crippen LogP contribution in [0.5, 0.6) is 5.75 Å². The molecule has 0 atom stereocenters. The summed E-state index contributed by atoms with van der Waals surface area (Å²) in [7, 11) is 1.64. The summed E-state index contributed by atoms with van der Waals surface area (Å²) in [5.74, 6) is 0.780. The maximum absolute atomic E-state index is 12.0. The van der Waals surface area contributed by atoms with Crippen LogP contribution in [0.4, 0.5) is 0 Å². The second kappa shape index (κ2) is 7.04. The third-order valence-corrected chi connectivity index (χ3v) is 3.28. The van der Waals surface area contributed by atoms with E-state index in [1.54, 1.807) is 18.0 Å². The van der Waals surface area contributed by atoms with Crippen molar-refractivity contribution in [3.05, 3.63) is 57.8 Å². The Kier molecular flexibility index (Phi) is 5.11. The van der Waals surface area contributed by atoms with Crippen molar-refractivity contribution in [1.82, 2.24) is 14.9 Å². The molecule has 21 heavy (non-hydrogen) atoms. The molecule has 1 N–H and O–H groups in total. The van der Waals surface area contributed by atoms with Crippen LogP contribution in [0.1, 0.15) is 23.7 Å². The molecule has 0 saturated carbocycles. The number of hydrogen-bond acceptors (Lipinski definition) is 4. The van der Waals surface area contributed by atoms with Gasteiger partial charge in [-0.25, -0.2) is 4.98 Å². The van der Waals surface area contributed by atoms with E-state index in [-0.39, 0.29) is 5.56 Å². The monoisotopic (exact) mass is 287 g/mol. The highest BCUT2D eigenvalue weighted by Gasteiger charge is 2.07. The summed E-state index contributed by atoms with van der Waals surface area (Å²) in [6, 6.07) is 7.57. The normalized spacial score (nSPS) is 10.6. The van der Waals surface area contributed by atoms with E-state index < -0.39 is 0 Å². The quantitative estimate of drug-likeness (QED) is 0.879. The molecule has 1 aromatic heterocycles. The van der Waals surface area contributed by atoms with Crippen molar-refractivity contribution in [3.8, 4) is 5.75 Å². The average Bonchev–Trinajstić information content (AvgIpc) is 2.48. The maximum Gasteiger partial charge on any atom is 0.253 e. The maximum atomic E-state index is 12.0. The Balaban J connectivity index is 2.30. The highest BCUT2D eigenvalue weighted by Crippen LogP contribution is 2.20. The lowest BCUT2D eigenvalue weighted by Crippen LogP contribution is -2.21.